The summed E-state index contributed by atoms with van der Waals surface area (Å²) in [5.41, 5.74) is 0.652. The molecule has 1 heterocycles. The molecule has 0 unspecified atom stereocenters. The van der Waals surface area contributed by atoms with Crippen molar-refractivity contribution in [1.82, 2.24) is 15.5 Å². The van der Waals surface area contributed by atoms with Crippen molar-refractivity contribution in [3.63, 3.8) is 0 Å². The highest BCUT2D eigenvalue weighted by atomic mass is 35.5. The van der Waals surface area contributed by atoms with Crippen LogP contribution in [0.2, 0.25) is 5.02 Å². The smallest absolute Gasteiger partial charge is 0.418 e. The van der Waals surface area contributed by atoms with E-state index in [0.717, 1.165) is 0 Å². The van der Waals surface area contributed by atoms with Crippen molar-refractivity contribution in [3.8, 4) is 17.5 Å². The molecule has 1 aliphatic carbocycles. The molecule has 0 radical (unpaired) electrons. The maximum Gasteiger partial charge on any atom is 0.418 e. The van der Waals surface area contributed by atoms with Gasteiger partial charge in [0.15, 0.2) is 6.61 Å². The first-order valence-corrected chi connectivity index (χ1v) is 8.58. The maximum absolute atomic E-state index is 11.8. The maximum atomic E-state index is 11.8. The largest absolute Gasteiger partial charge is 0.439 e. The van der Waals surface area contributed by atoms with E-state index in [4.69, 9.17) is 20.9 Å². The van der Waals surface area contributed by atoms with Gasteiger partial charge in [-0.1, -0.05) is 48.2 Å². The Kier molecular flexibility index (Phi) is 5.69. The number of benzene rings is 1. The lowest BCUT2D eigenvalue weighted by Crippen LogP contribution is -2.33. The quantitative estimate of drug-likeness (QED) is 0.864. The molecular formula is C17H20ClN3O3. The molecule has 0 aliphatic heterocycles. The van der Waals surface area contributed by atoms with E-state index in [0.29, 0.717) is 28.9 Å². The minimum atomic E-state index is -0.182. The fraction of sp³-hybridized carbons (Fsp3) is 0.471. The molecule has 7 heteroatoms. The molecule has 1 saturated carbocycles. The number of carbonyl (C=O) groups excluding carboxylic acids is 1. The lowest BCUT2D eigenvalue weighted by Gasteiger charge is -2.21. The standard InChI is InChI=1S/C17H20ClN3O3/c18-14-9-5-4-8-13(14)16-20-17(24-21-16)23-11-15(22)19-10-12-6-2-1-3-7-12/h4-5,8-9,12H,1-3,6-7,10-11H2,(H,19,22). The fourth-order valence-electron chi connectivity index (χ4n) is 2.85. The zero-order chi connectivity index (χ0) is 16.8. The molecule has 0 bridgehead atoms. The predicted molar refractivity (Wildman–Crippen MR) is 89.8 cm³/mol. The second-order valence-corrected chi connectivity index (χ2v) is 6.37. The van der Waals surface area contributed by atoms with Crippen molar-refractivity contribution in [3.05, 3.63) is 29.3 Å². The molecule has 24 heavy (non-hydrogen) atoms. The number of nitrogens with zero attached hydrogens (tertiary/aromatic N) is 2. The van der Waals surface area contributed by atoms with Gasteiger partial charge in [0.1, 0.15) is 0 Å². The molecular weight excluding hydrogens is 330 g/mol. The van der Waals surface area contributed by atoms with Crippen LogP contribution in [0.3, 0.4) is 0 Å². The van der Waals surface area contributed by atoms with Gasteiger partial charge in [-0.15, -0.1) is 0 Å². The van der Waals surface area contributed by atoms with Crippen LogP contribution in [0.15, 0.2) is 28.8 Å². The lowest BCUT2D eigenvalue weighted by molar-refractivity contribution is -0.123. The third kappa shape index (κ3) is 4.47. The Morgan fingerprint density at radius 1 is 1.29 bits per heavy atom. The highest BCUT2D eigenvalue weighted by molar-refractivity contribution is 6.33. The summed E-state index contributed by atoms with van der Waals surface area (Å²) in [6.45, 7) is 0.563. The van der Waals surface area contributed by atoms with E-state index in [1.54, 1.807) is 12.1 Å². The van der Waals surface area contributed by atoms with Crippen molar-refractivity contribution < 1.29 is 14.1 Å². The molecule has 0 spiro atoms. The Labute approximate surface area is 145 Å². The number of rotatable bonds is 6. The summed E-state index contributed by atoms with van der Waals surface area (Å²) < 4.78 is 10.3. The van der Waals surface area contributed by atoms with Crippen LogP contribution in [0.5, 0.6) is 6.08 Å². The first kappa shape index (κ1) is 16.8. The van der Waals surface area contributed by atoms with Gasteiger partial charge >= 0.3 is 6.08 Å². The highest BCUT2D eigenvalue weighted by Crippen LogP contribution is 2.26. The number of hydrogen-bond donors (Lipinski definition) is 1. The van der Waals surface area contributed by atoms with Crippen molar-refractivity contribution in [2.45, 2.75) is 32.1 Å². The molecule has 1 aliphatic rings. The molecule has 3 rings (SSSR count). The summed E-state index contributed by atoms with van der Waals surface area (Å²) in [5.74, 6) is 0.731. The van der Waals surface area contributed by atoms with Crippen molar-refractivity contribution in [1.29, 1.82) is 0 Å². The number of carbonyl (C=O) groups is 1. The Hall–Kier alpha value is -2.08. The minimum absolute atomic E-state index is 0.0438. The normalized spacial score (nSPS) is 15.2. The molecule has 1 amide bonds. The Balaban J connectivity index is 1.46. The molecule has 6 nitrogen and oxygen atoms in total. The summed E-state index contributed by atoms with van der Waals surface area (Å²) in [4.78, 5) is 15.9. The summed E-state index contributed by atoms with van der Waals surface area (Å²) in [6.07, 6.45) is 6.14. The average Bonchev–Trinajstić information content (AvgIpc) is 3.08. The average molecular weight is 350 g/mol. The monoisotopic (exact) mass is 349 g/mol. The second kappa shape index (κ2) is 8.15. The van der Waals surface area contributed by atoms with Crippen molar-refractivity contribution in [2.24, 2.45) is 5.92 Å². The predicted octanol–water partition coefficient (Wildman–Crippen LogP) is 3.47. The molecule has 1 aromatic carbocycles. The highest BCUT2D eigenvalue weighted by Gasteiger charge is 2.16. The number of ether oxygens (including phenoxy) is 1. The van der Waals surface area contributed by atoms with Crippen molar-refractivity contribution in [2.75, 3.05) is 13.2 Å². The van der Waals surface area contributed by atoms with Gasteiger partial charge in [0.05, 0.1) is 5.02 Å². The summed E-state index contributed by atoms with van der Waals surface area (Å²) in [6, 6.07) is 7.18. The summed E-state index contributed by atoms with van der Waals surface area (Å²) in [5, 5.41) is 7.24. The fourth-order valence-corrected chi connectivity index (χ4v) is 3.07. The van der Waals surface area contributed by atoms with Crippen LogP contribution < -0.4 is 10.1 Å². The summed E-state index contributed by atoms with van der Waals surface area (Å²) >= 11 is 6.08. The zero-order valence-electron chi connectivity index (χ0n) is 13.3. The van der Waals surface area contributed by atoms with Gasteiger partial charge in [0.2, 0.25) is 5.82 Å². The Bertz CT molecular complexity index is 683. The van der Waals surface area contributed by atoms with Gasteiger partial charge in [-0.2, -0.15) is 4.98 Å². The third-order valence-electron chi connectivity index (χ3n) is 4.16. The van der Waals surface area contributed by atoms with E-state index in [1.165, 1.54) is 32.1 Å². The number of hydrogen-bond acceptors (Lipinski definition) is 5. The Morgan fingerprint density at radius 2 is 2.08 bits per heavy atom. The van der Waals surface area contributed by atoms with Gasteiger partial charge < -0.3 is 10.1 Å². The van der Waals surface area contributed by atoms with Gasteiger partial charge in [-0.25, -0.2) is 0 Å². The molecule has 1 fully saturated rings. The molecule has 1 aromatic heterocycles. The van der Waals surface area contributed by atoms with Gasteiger partial charge in [0.25, 0.3) is 5.91 Å². The van der Waals surface area contributed by atoms with Crippen LogP contribution in [0.1, 0.15) is 32.1 Å². The topological polar surface area (TPSA) is 77.2 Å². The number of halogens is 1. The van der Waals surface area contributed by atoms with E-state index in [9.17, 15) is 4.79 Å². The first-order valence-electron chi connectivity index (χ1n) is 8.20. The van der Waals surface area contributed by atoms with Gasteiger partial charge in [-0.3, -0.25) is 9.32 Å². The van der Waals surface area contributed by atoms with Crippen LogP contribution in [-0.2, 0) is 4.79 Å². The Morgan fingerprint density at radius 3 is 2.88 bits per heavy atom. The summed E-state index contributed by atoms with van der Waals surface area (Å²) in [7, 11) is 0. The lowest BCUT2D eigenvalue weighted by atomic mass is 9.89. The number of aromatic nitrogens is 2. The van der Waals surface area contributed by atoms with E-state index < -0.39 is 0 Å². The van der Waals surface area contributed by atoms with Crippen LogP contribution in [-0.4, -0.2) is 29.2 Å². The molecule has 0 atom stereocenters. The number of amides is 1. The van der Waals surface area contributed by atoms with E-state index >= 15 is 0 Å². The van der Waals surface area contributed by atoms with E-state index in [1.807, 2.05) is 12.1 Å². The first-order chi connectivity index (χ1) is 11.7. The van der Waals surface area contributed by atoms with E-state index in [-0.39, 0.29) is 18.6 Å². The van der Waals surface area contributed by atoms with Crippen molar-refractivity contribution >= 4 is 17.5 Å². The zero-order valence-corrected chi connectivity index (χ0v) is 14.1. The van der Waals surface area contributed by atoms with Crippen LogP contribution in [0.4, 0.5) is 0 Å². The molecule has 0 saturated heterocycles. The molecule has 2 aromatic rings. The second-order valence-electron chi connectivity index (χ2n) is 5.96. The third-order valence-corrected chi connectivity index (χ3v) is 4.49. The van der Waals surface area contributed by atoms with Crippen LogP contribution >= 0.6 is 11.6 Å². The molecule has 1 N–H and O–H groups in total. The van der Waals surface area contributed by atoms with E-state index in [2.05, 4.69) is 15.5 Å². The minimum Gasteiger partial charge on any atom is -0.439 e. The van der Waals surface area contributed by atoms with Gasteiger partial charge in [-0.05, 0) is 30.9 Å². The van der Waals surface area contributed by atoms with Gasteiger partial charge in [0, 0.05) is 12.1 Å². The van der Waals surface area contributed by atoms with Crippen LogP contribution in [0.25, 0.3) is 11.4 Å². The van der Waals surface area contributed by atoms with Crippen LogP contribution in [0, 0.1) is 5.92 Å². The number of nitrogens with one attached hydrogen (secondary N) is 1. The SMILES string of the molecule is O=C(COc1nc(-c2ccccc2Cl)no1)NCC1CCCCC1. The molecule has 128 valence electrons.